The normalized spacial score (nSPS) is 10.8. The molecular formula is C17H22N2O4. The van der Waals surface area contributed by atoms with E-state index in [1.54, 1.807) is 13.2 Å². The third-order valence-corrected chi connectivity index (χ3v) is 3.06. The average molecular weight is 318 g/mol. The van der Waals surface area contributed by atoms with Gasteiger partial charge in [-0.15, -0.1) is 0 Å². The Morgan fingerprint density at radius 1 is 1.30 bits per heavy atom. The molecule has 0 saturated heterocycles. The van der Waals surface area contributed by atoms with E-state index < -0.39 is 0 Å². The molecule has 6 heteroatoms. The minimum atomic E-state index is -0.254. The van der Waals surface area contributed by atoms with E-state index in [1.165, 1.54) is 0 Å². The summed E-state index contributed by atoms with van der Waals surface area (Å²) in [4.78, 5) is 11.9. The minimum Gasteiger partial charge on any atom is -0.491 e. The molecule has 0 unspecified atom stereocenters. The lowest BCUT2D eigenvalue weighted by Crippen LogP contribution is -2.25. The Bertz CT molecular complexity index is 620. The molecule has 0 saturated carbocycles. The van der Waals surface area contributed by atoms with Crippen LogP contribution in [0.1, 0.15) is 30.8 Å². The summed E-state index contributed by atoms with van der Waals surface area (Å²) in [6, 6.07) is 9.10. The van der Waals surface area contributed by atoms with Crippen LogP contribution in [0, 0.1) is 0 Å². The van der Waals surface area contributed by atoms with Gasteiger partial charge in [0, 0.05) is 31.9 Å². The molecule has 2 rings (SSSR count). The van der Waals surface area contributed by atoms with Gasteiger partial charge in [-0.25, -0.2) is 0 Å². The highest BCUT2D eigenvalue weighted by molar-refractivity contribution is 5.93. The van der Waals surface area contributed by atoms with Gasteiger partial charge in [-0.1, -0.05) is 5.16 Å². The van der Waals surface area contributed by atoms with Gasteiger partial charge in [0.25, 0.3) is 5.91 Å². The highest BCUT2D eigenvalue weighted by Crippen LogP contribution is 2.23. The van der Waals surface area contributed by atoms with Gasteiger partial charge in [0.05, 0.1) is 6.10 Å². The quantitative estimate of drug-likeness (QED) is 0.758. The second-order valence-electron chi connectivity index (χ2n) is 5.37. The molecule has 0 atom stereocenters. The molecule has 0 aliphatic carbocycles. The van der Waals surface area contributed by atoms with E-state index >= 15 is 0 Å². The van der Waals surface area contributed by atoms with Crippen LogP contribution in [0.2, 0.25) is 0 Å². The van der Waals surface area contributed by atoms with Crippen molar-refractivity contribution >= 4 is 5.91 Å². The number of carbonyl (C=O) groups is 1. The summed E-state index contributed by atoms with van der Waals surface area (Å²) in [6.45, 7) is 5.09. The van der Waals surface area contributed by atoms with Crippen LogP contribution in [0.5, 0.6) is 5.75 Å². The highest BCUT2D eigenvalue weighted by Gasteiger charge is 2.13. The molecule has 124 valence electrons. The van der Waals surface area contributed by atoms with E-state index in [2.05, 4.69) is 10.5 Å². The van der Waals surface area contributed by atoms with Crippen molar-refractivity contribution in [3.63, 3.8) is 0 Å². The highest BCUT2D eigenvalue weighted by atomic mass is 16.5. The van der Waals surface area contributed by atoms with E-state index in [9.17, 15) is 4.79 Å². The number of nitrogens with zero attached hydrogens (tertiary/aromatic N) is 1. The molecule has 0 bridgehead atoms. The first-order valence-corrected chi connectivity index (χ1v) is 7.61. The Hall–Kier alpha value is -2.34. The van der Waals surface area contributed by atoms with E-state index in [4.69, 9.17) is 14.0 Å². The Morgan fingerprint density at radius 3 is 2.70 bits per heavy atom. The van der Waals surface area contributed by atoms with Gasteiger partial charge in [0.15, 0.2) is 11.5 Å². The van der Waals surface area contributed by atoms with E-state index in [0.717, 1.165) is 17.7 Å². The molecule has 0 radical (unpaired) electrons. The lowest BCUT2D eigenvalue weighted by molar-refractivity contribution is 0.0939. The van der Waals surface area contributed by atoms with Gasteiger partial charge < -0.3 is 19.3 Å². The van der Waals surface area contributed by atoms with Crippen molar-refractivity contribution in [2.45, 2.75) is 26.4 Å². The number of carbonyl (C=O) groups excluding carboxylic acids is 1. The molecule has 0 aliphatic rings. The molecule has 1 aromatic carbocycles. The van der Waals surface area contributed by atoms with Crippen molar-refractivity contribution in [1.29, 1.82) is 0 Å². The fourth-order valence-electron chi connectivity index (χ4n) is 2.00. The molecule has 23 heavy (non-hydrogen) atoms. The molecule has 0 aliphatic heterocycles. The average Bonchev–Trinajstić information content (AvgIpc) is 3.01. The summed E-state index contributed by atoms with van der Waals surface area (Å²) in [7, 11) is 1.63. The number of benzene rings is 1. The van der Waals surface area contributed by atoms with Crippen LogP contribution in [-0.2, 0) is 4.74 Å². The lowest BCUT2D eigenvalue weighted by Gasteiger charge is -2.09. The number of aromatic nitrogens is 1. The zero-order valence-corrected chi connectivity index (χ0v) is 13.7. The van der Waals surface area contributed by atoms with Gasteiger partial charge in [0.1, 0.15) is 5.75 Å². The second kappa shape index (κ2) is 8.33. The molecule has 1 N–H and O–H groups in total. The lowest BCUT2D eigenvalue weighted by atomic mass is 10.1. The van der Waals surface area contributed by atoms with Crippen molar-refractivity contribution in [2.24, 2.45) is 0 Å². The zero-order valence-electron chi connectivity index (χ0n) is 13.7. The van der Waals surface area contributed by atoms with Crippen molar-refractivity contribution in [2.75, 3.05) is 20.3 Å². The van der Waals surface area contributed by atoms with Crippen molar-refractivity contribution < 1.29 is 18.8 Å². The molecule has 1 amide bonds. The molecule has 0 spiro atoms. The maximum Gasteiger partial charge on any atom is 0.273 e. The monoisotopic (exact) mass is 318 g/mol. The van der Waals surface area contributed by atoms with Crippen LogP contribution in [-0.4, -0.2) is 37.4 Å². The Kier molecular flexibility index (Phi) is 6.17. The van der Waals surface area contributed by atoms with Gasteiger partial charge in [-0.05, 0) is 44.5 Å². The maximum atomic E-state index is 11.9. The third kappa shape index (κ3) is 5.10. The smallest absolute Gasteiger partial charge is 0.273 e. The molecule has 6 nitrogen and oxygen atoms in total. The number of ether oxygens (including phenoxy) is 2. The van der Waals surface area contributed by atoms with Crippen molar-refractivity contribution in [1.82, 2.24) is 10.5 Å². The number of nitrogens with one attached hydrogen (secondary N) is 1. The summed E-state index contributed by atoms with van der Waals surface area (Å²) in [6.07, 6.45) is 0.879. The molecule has 1 aromatic heterocycles. The van der Waals surface area contributed by atoms with Crippen LogP contribution in [0.25, 0.3) is 11.3 Å². The third-order valence-electron chi connectivity index (χ3n) is 3.06. The first-order chi connectivity index (χ1) is 11.1. The summed E-state index contributed by atoms with van der Waals surface area (Å²) < 4.78 is 15.8. The molecular weight excluding hydrogens is 296 g/mol. The Balaban J connectivity index is 1.97. The number of hydrogen-bond acceptors (Lipinski definition) is 5. The predicted molar refractivity (Wildman–Crippen MR) is 86.5 cm³/mol. The second-order valence-corrected chi connectivity index (χ2v) is 5.37. The van der Waals surface area contributed by atoms with Gasteiger partial charge in [-0.3, -0.25) is 4.79 Å². The van der Waals surface area contributed by atoms with Crippen LogP contribution in [0.4, 0.5) is 0 Å². The van der Waals surface area contributed by atoms with Crippen molar-refractivity contribution in [3.05, 3.63) is 36.0 Å². The number of rotatable bonds is 8. The van der Waals surface area contributed by atoms with Gasteiger partial charge in [-0.2, -0.15) is 0 Å². The summed E-state index contributed by atoms with van der Waals surface area (Å²) >= 11 is 0. The fourth-order valence-corrected chi connectivity index (χ4v) is 2.00. The zero-order chi connectivity index (χ0) is 16.7. The SMILES string of the molecule is COCCCNC(=O)c1cc(-c2ccc(OC(C)C)cc2)on1. The number of hydrogen-bond donors (Lipinski definition) is 1. The minimum absolute atomic E-state index is 0.125. The van der Waals surface area contributed by atoms with Crippen LogP contribution in [0.3, 0.4) is 0 Å². The van der Waals surface area contributed by atoms with Crippen LogP contribution < -0.4 is 10.1 Å². The molecule has 1 heterocycles. The van der Waals surface area contributed by atoms with Crippen LogP contribution in [0.15, 0.2) is 34.9 Å². The Labute approximate surface area is 135 Å². The predicted octanol–water partition coefficient (Wildman–Crippen LogP) is 2.90. The standard InChI is InChI=1S/C17H22N2O4/c1-12(2)22-14-7-5-13(6-8-14)16-11-15(19-23-16)17(20)18-9-4-10-21-3/h5-8,11-12H,4,9-10H2,1-3H3,(H,18,20). The fraction of sp³-hybridized carbons (Fsp3) is 0.412. The maximum absolute atomic E-state index is 11.9. The van der Waals surface area contributed by atoms with Crippen LogP contribution >= 0.6 is 0 Å². The summed E-state index contributed by atoms with van der Waals surface area (Å²) in [5, 5.41) is 6.58. The number of methoxy groups -OCH3 is 1. The topological polar surface area (TPSA) is 73.6 Å². The van der Waals surface area contributed by atoms with Gasteiger partial charge in [0.2, 0.25) is 0 Å². The molecule has 2 aromatic rings. The van der Waals surface area contributed by atoms with E-state index in [0.29, 0.717) is 18.9 Å². The largest absolute Gasteiger partial charge is 0.491 e. The van der Waals surface area contributed by atoms with Gasteiger partial charge >= 0.3 is 0 Å². The van der Waals surface area contributed by atoms with Crippen molar-refractivity contribution in [3.8, 4) is 17.1 Å². The summed E-state index contributed by atoms with van der Waals surface area (Å²) in [5.41, 5.74) is 1.10. The number of amides is 1. The summed E-state index contributed by atoms with van der Waals surface area (Å²) in [5.74, 6) is 1.08. The Morgan fingerprint density at radius 2 is 2.04 bits per heavy atom. The molecule has 0 fully saturated rings. The van der Waals surface area contributed by atoms with E-state index in [-0.39, 0.29) is 17.7 Å². The first kappa shape index (κ1) is 17.0. The van der Waals surface area contributed by atoms with E-state index in [1.807, 2.05) is 38.1 Å². The first-order valence-electron chi connectivity index (χ1n) is 7.61.